The highest BCUT2D eigenvalue weighted by Gasteiger charge is 2.56. The molecule has 11 aromatic carbocycles. The van der Waals surface area contributed by atoms with Crippen molar-refractivity contribution in [3.8, 4) is 33.4 Å². The zero-order valence-electron chi connectivity index (χ0n) is 40.7. The van der Waals surface area contributed by atoms with Crippen LogP contribution < -0.4 is 4.90 Å². The second-order valence-corrected chi connectivity index (χ2v) is 20.7. The number of rotatable bonds is 6. The van der Waals surface area contributed by atoms with E-state index in [-0.39, 0.29) is 5.41 Å². The molecule has 1 spiro atoms. The summed E-state index contributed by atoms with van der Waals surface area (Å²) < 4.78 is 6.37. The molecule has 2 heteroatoms. The fourth-order valence-corrected chi connectivity index (χ4v) is 13.7. The number of hydrogen-bond donors (Lipinski definition) is 0. The van der Waals surface area contributed by atoms with E-state index in [9.17, 15) is 0 Å². The molecule has 0 radical (unpaired) electrons. The van der Waals surface area contributed by atoms with Crippen molar-refractivity contribution in [2.75, 3.05) is 4.90 Å². The SMILES string of the molecule is CC1(C)c2ccccc2-c2ccc(N(c3ccc(-c4ccc5c(c4)oc4ccccc45)cc3)c3ccc4c(c3)C3(c5ccccc5-4)c4ccccc4C(c4ccccc4)(c4ccccc4)c4ccccc43)cc21. The van der Waals surface area contributed by atoms with E-state index in [0.717, 1.165) is 50.1 Å². The van der Waals surface area contributed by atoms with Crippen LogP contribution in [0.2, 0.25) is 0 Å². The fourth-order valence-electron chi connectivity index (χ4n) is 13.7. The molecule has 0 saturated carbocycles. The summed E-state index contributed by atoms with van der Waals surface area (Å²) in [5.74, 6) is 0. The lowest BCUT2D eigenvalue weighted by Gasteiger charge is -2.50. The van der Waals surface area contributed by atoms with Crippen LogP contribution >= 0.6 is 0 Å². The topological polar surface area (TPSA) is 16.4 Å². The van der Waals surface area contributed by atoms with Crippen LogP contribution in [0.1, 0.15) is 69.5 Å². The van der Waals surface area contributed by atoms with Crippen molar-refractivity contribution in [3.63, 3.8) is 0 Å². The van der Waals surface area contributed by atoms with Gasteiger partial charge in [-0.25, -0.2) is 0 Å². The standard InChI is InChI=1S/C71H49NO/c1-69(2)59-26-12-9-23-53(59)55-41-38-51(44-65(55)69)72(50-36-33-46(34-37-50)47-35-40-58-57-25-11-18-32-67(57)73-68(58)43-47)52-39-42-56-54-24-10-13-27-60(54)71(66(56)45-52)63-30-16-14-28-61(63)70(48-19-5-3-6-20-48,49-21-7-4-8-22-49)62-29-15-17-31-64(62)71/h3-45H,1-2H3. The number of fused-ring (bicyclic) bond motifs is 15. The van der Waals surface area contributed by atoms with Crippen LogP contribution in [0, 0.1) is 0 Å². The van der Waals surface area contributed by atoms with E-state index in [1.807, 2.05) is 12.1 Å². The number of para-hydroxylation sites is 1. The van der Waals surface area contributed by atoms with Gasteiger partial charge in [0.05, 0.1) is 10.8 Å². The van der Waals surface area contributed by atoms with Gasteiger partial charge < -0.3 is 9.32 Å². The lowest BCUT2D eigenvalue weighted by atomic mass is 9.51. The predicted octanol–water partition coefficient (Wildman–Crippen LogP) is 18.1. The predicted molar refractivity (Wildman–Crippen MR) is 301 cm³/mol. The number of anilines is 3. The molecular weight excluding hydrogens is 883 g/mol. The minimum Gasteiger partial charge on any atom is -0.456 e. The van der Waals surface area contributed by atoms with E-state index in [4.69, 9.17) is 4.42 Å². The summed E-state index contributed by atoms with van der Waals surface area (Å²) in [4.78, 5) is 2.49. The molecule has 12 aromatic rings. The molecule has 0 saturated heterocycles. The first kappa shape index (κ1) is 41.8. The van der Waals surface area contributed by atoms with Gasteiger partial charge in [-0.3, -0.25) is 0 Å². The highest BCUT2D eigenvalue weighted by molar-refractivity contribution is 6.06. The van der Waals surface area contributed by atoms with Gasteiger partial charge in [0, 0.05) is 33.2 Å². The Hall–Kier alpha value is -8.98. The average Bonchev–Trinajstić information content (AvgIpc) is 4.06. The summed E-state index contributed by atoms with van der Waals surface area (Å²) in [5.41, 5.74) is 24.2. The Morgan fingerprint density at radius 3 is 1.36 bits per heavy atom. The van der Waals surface area contributed by atoms with Gasteiger partial charge in [-0.1, -0.05) is 220 Å². The van der Waals surface area contributed by atoms with Gasteiger partial charge in [0.2, 0.25) is 0 Å². The summed E-state index contributed by atoms with van der Waals surface area (Å²) in [6, 6.07) is 97.5. The van der Waals surface area contributed by atoms with Crippen LogP contribution in [0.4, 0.5) is 17.1 Å². The quantitative estimate of drug-likeness (QED) is 0.165. The maximum atomic E-state index is 6.37. The van der Waals surface area contributed by atoms with Crippen LogP contribution in [0.3, 0.4) is 0 Å². The Kier molecular flexibility index (Phi) is 8.87. The third-order valence-electron chi connectivity index (χ3n) is 16.8. The van der Waals surface area contributed by atoms with Gasteiger partial charge in [-0.2, -0.15) is 0 Å². The average molecular weight is 932 g/mol. The maximum absolute atomic E-state index is 6.37. The van der Waals surface area contributed by atoms with Gasteiger partial charge >= 0.3 is 0 Å². The lowest BCUT2D eigenvalue weighted by Crippen LogP contribution is -2.44. The largest absolute Gasteiger partial charge is 0.456 e. The minimum atomic E-state index is -0.630. The summed E-state index contributed by atoms with van der Waals surface area (Å²) in [6.45, 7) is 4.75. The molecule has 1 aromatic heterocycles. The van der Waals surface area contributed by atoms with Crippen molar-refractivity contribution in [2.24, 2.45) is 0 Å². The molecule has 3 aliphatic carbocycles. The van der Waals surface area contributed by atoms with Crippen molar-refractivity contribution in [1.29, 1.82) is 0 Å². The smallest absolute Gasteiger partial charge is 0.136 e. The van der Waals surface area contributed by atoms with E-state index in [1.165, 1.54) is 77.9 Å². The molecule has 0 atom stereocenters. The summed E-state index contributed by atoms with van der Waals surface area (Å²) in [5, 5.41) is 2.27. The molecule has 0 fully saturated rings. The highest BCUT2D eigenvalue weighted by Crippen LogP contribution is 2.65. The molecule has 3 aliphatic rings. The Balaban J connectivity index is 0.965. The summed E-state index contributed by atoms with van der Waals surface area (Å²) in [7, 11) is 0. The van der Waals surface area contributed by atoms with Gasteiger partial charge in [-0.15, -0.1) is 0 Å². The Labute approximate surface area is 426 Å². The lowest BCUT2D eigenvalue weighted by molar-refractivity contribution is 0.623. The van der Waals surface area contributed by atoms with Gasteiger partial charge in [-0.05, 0) is 144 Å². The van der Waals surface area contributed by atoms with Crippen molar-refractivity contribution >= 4 is 39.0 Å². The van der Waals surface area contributed by atoms with E-state index in [0.29, 0.717) is 0 Å². The maximum Gasteiger partial charge on any atom is 0.136 e. The molecule has 0 unspecified atom stereocenters. The first-order chi connectivity index (χ1) is 36.0. The third kappa shape index (κ3) is 5.69. The second kappa shape index (κ2) is 15.5. The van der Waals surface area contributed by atoms with E-state index in [2.05, 4.69) is 267 Å². The van der Waals surface area contributed by atoms with Crippen molar-refractivity contribution in [3.05, 3.63) is 316 Å². The van der Waals surface area contributed by atoms with E-state index in [1.54, 1.807) is 0 Å². The van der Waals surface area contributed by atoms with Crippen LogP contribution in [-0.2, 0) is 16.2 Å². The van der Waals surface area contributed by atoms with Gasteiger partial charge in [0.15, 0.2) is 0 Å². The van der Waals surface area contributed by atoms with Crippen molar-refractivity contribution in [2.45, 2.75) is 30.1 Å². The molecule has 1 heterocycles. The zero-order valence-corrected chi connectivity index (χ0v) is 40.7. The first-order valence-corrected chi connectivity index (χ1v) is 25.6. The molecule has 0 bridgehead atoms. The molecule has 73 heavy (non-hydrogen) atoms. The fraction of sp³-hybridized carbons (Fsp3) is 0.0704. The van der Waals surface area contributed by atoms with Crippen LogP contribution in [-0.4, -0.2) is 0 Å². The number of benzene rings is 11. The molecule has 344 valence electrons. The molecule has 15 rings (SSSR count). The van der Waals surface area contributed by atoms with Crippen LogP contribution in [0.25, 0.3) is 55.3 Å². The normalized spacial score (nSPS) is 14.8. The zero-order chi connectivity index (χ0) is 48.5. The van der Waals surface area contributed by atoms with Crippen molar-refractivity contribution < 1.29 is 4.42 Å². The van der Waals surface area contributed by atoms with E-state index < -0.39 is 10.8 Å². The molecule has 0 N–H and O–H groups in total. The third-order valence-corrected chi connectivity index (χ3v) is 16.8. The first-order valence-electron chi connectivity index (χ1n) is 25.6. The number of nitrogens with zero attached hydrogens (tertiary/aromatic N) is 1. The highest BCUT2D eigenvalue weighted by atomic mass is 16.3. The molecule has 0 aliphatic heterocycles. The summed E-state index contributed by atoms with van der Waals surface area (Å²) >= 11 is 0. The van der Waals surface area contributed by atoms with Crippen molar-refractivity contribution in [1.82, 2.24) is 0 Å². The number of furan rings is 1. The monoisotopic (exact) mass is 931 g/mol. The molecule has 0 amide bonds. The van der Waals surface area contributed by atoms with E-state index >= 15 is 0 Å². The Bertz CT molecular complexity index is 4090. The van der Waals surface area contributed by atoms with Crippen LogP contribution in [0.15, 0.2) is 265 Å². The second-order valence-electron chi connectivity index (χ2n) is 20.7. The Morgan fingerprint density at radius 1 is 0.288 bits per heavy atom. The van der Waals surface area contributed by atoms with Gasteiger partial charge in [0.1, 0.15) is 11.2 Å². The minimum absolute atomic E-state index is 0.171. The molecular formula is C71H49NO. The molecule has 2 nitrogen and oxygen atoms in total. The Morgan fingerprint density at radius 2 is 0.726 bits per heavy atom. The number of hydrogen-bond acceptors (Lipinski definition) is 2. The van der Waals surface area contributed by atoms with Gasteiger partial charge in [0.25, 0.3) is 0 Å². The summed E-state index contributed by atoms with van der Waals surface area (Å²) in [6.07, 6.45) is 0. The van der Waals surface area contributed by atoms with Crippen LogP contribution in [0.5, 0.6) is 0 Å².